The lowest BCUT2D eigenvalue weighted by Gasteiger charge is -2.11. The first-order valence-electron chi connectivity index (χ1n) is 4.49. The van der Waals surface area contributed by atoms with E-state index in [0.29, 0.717) is 13.1 Å². The van der Waals surface area contributed by atoms with Crippen LogP contribution in [0.25, 0.3) is 0 Å². The van der Waals surface area contributed by atoms with Gasteiger partial charge in [-0.15, -0.1) is 4.91 Å². The van der Waals surface area contributed by atoms with Crippen molar-refractivity contribution in [2.75, 3.05) is 13.1 Å². The molecule has 3 heteroatoms. The number of rotatable bonds is 5. The fraction of sp³-hybridized carbons (Fsp3) is 0.400. The SMILES string of the molecule is CCN(CCc1ccccc1)N=O. The molecule has 0 aliphatic rings. The molecule has 1 rings (SSSR count). The summed E-state index contributed by atoms with van der Waals surface area (Å²) < 4.78 is 0. The van der Waals surface area contributed by atoms with Crippen molar-refractivity contribution in [3.63, 3.8) is 0 Å². The van der Waals surface area contributed by atoms with Gasteiger partial charge in [0.05, 0.1) is 5.29 Å². The highest BCUT2D eigenvalue weighted by atomic mass is 16.3. The molecule has 0 radical (unpaired) electrons. The smallest absolute Gasteiger partial charge is 0.0523 e. The van der Waals surface area contributed by atoms with Crippen molar-refractivity contribution in [3.05, 3.63) is 40.8 Å². The molecule has 1 aromatic carbocycles. The van der Waals surface area contributed by atoms with Gasteiger partial charge in [0, 0.05) is 13.1 Å². The van der Waals surface area contributed by atoms with Crippen molar-refractivity contribution in [1.82, 2.24) is 5.01 Å². The Bertz CT molecular complexity index is 248. The van der Waals surface area contributed by atoms with E-state index in [1.54, 1.807) is 0 Å². The Morgan fingerprint density at radius 2 is 2.00 bits per heavy atom. The van der Waals surface area contributed by atoms with Gasteiger partial charge in [0.2, 0.25) is 0 Å². The molecule has 0 saturated carbocycles. The number of hydrogen-bond acceptors (Lipinski definition) is 2. The van der Waals surface area contributed by atoms with E-state index in [0.717, 1.165) is 6.42 Å². The molecule has 3 nitrogen and oxygen atoms in total. The molecule has 0 aliphatic carbocycles. The van der Waals surface area contributed by atoms with Crippen LogP contribution < -0.4 is 0 Å². The van der Waals surface area contributed by atoms with Crippen molar-refractivity contribution >= 4 is 0 Å². The standard InChI is InChI=1S/C10H14N2O/c1-2-12(11-13)9-8-10-6-4-3-5-7-10/h3-7H,2,8-9H2,1H3. The van der Waals surface area contributed by atoms with Crippen molar-refractivity contribution < 1.29 is 0 Å². The average molecular weight is 178 g/mol. The summed E-state index contributed by atoms with van der Waals surface area (Å²) in [5.74, 6) is 0. The van der Waals surface area contributed by atoms with Gasteiger partial charge in [-0.05, 0) is 18.9 Å². The van der Waals surface area contributed by atoms with Crippen LogP contribution in [0, 0.1) is 4.91 Å². The van der Waals surface area contributed by atoms with E-state index in [-0.39, 0.29) is 0 Å². The third-order valence-corrected chi connectivity index (χ3v) is 1.98. The Morgan fingerprint density at radius 1 is 1.31 bits per heavy atom. The van der Waals surface area contributed by atoms with E-state index in [1.807, 2.05) is 25.1 Å². The quantitative estimate of drug-likeness (QED) is 0.511. The molecule has 1 aromatic rings. The highest BCUT2D eigenvalue weighted by Crippen LogP contribution is 2.01. The fourth-order valence-electron chi connectivity index (χ4n) is 1.16. The summed E-state index contributed by atoms with van der Waals surface area (Å²) in [4.78, 5) is 10.2. The number of benzene rings is 1. The van der Waals surface area contributed by atoms with Crippen LogP contribution in [-0.2, 0) is 6.42 Å². The zero-order valence-corrected chi connectivity index (χ0v) is 7.81. The predicted molar refractivity (Wildman–Crippen MR) is 53.2 cm³/mol. The maximum Gasteiger partial charge on any atom is 0.0523 e. The maximum absolute atomic E-state index is 10.2. The van der Waals surface area contributed by atoms with E-state index < -0.39 is 0 Å². The van der Waals surface area contributed by atoms with Gasteiger partial charge < -0.3 is 0 Å². The van der Waals surface area contributed by atoms with Crippen LogP contribution in [0.15, 0.2) is 35.6 Å². The monoisotopic (exact) mass is 178 g/mol. The van der Waals surface area contributed by atoms with Gasteiger partial charge in [-0.2, -0.15) is 0 Å². The summed E-state index contributed by atoms with van der Waals surface area (Å²) in [6.07, 6.45) is 0.875. The molecule has 0 aromatic heterocycles. The van der Waals surface area contributed by atoms with Gasteiger partial charge >= 0.3 is 0 Å². The van der Waals surface area contributed by atoms with E-state index >= 15 is 0 Å². The van der Waals surface area contributed by atoms with E-state index in [2.05, 4.69) is 17.4 Å². The molecule has 0 atom stereocenters. The van der Waals surface area contributed by atoms with Crippen LogP contribution >= 0.6 is 0 Å². The second-order valence-corrected chi connectivity index (χ2v) is 2.86. The highest BCUT2D eigenvalue weighted by Gasteiger charge is 1.98. The Balaban J connectivity index is 2.38. The van der Waals surface area contributed by atoms with Crippen LogP contribution in [0.5, 0.6) is 0 Å². The normalized spacial score (nSPS) is 9.62. The molecule has 0 saturated heterocycles. The van der Waals surface area contributed by atoms with Crippen molar-refractivity contribution in [2.45, 2.75) is 13.3 Å². The van der Waals surface area contributed by atoms with Crippen LogP contribution in [0.2, 0.25) is 0 Å². The van der Waals surface area contributed by atoms with Gasteiger partial charge in [0.15, 0.2) is 0 Å². The summed E-state index contributed by atoms with van der Waals surface area (Å²) in [5.41, 5.74) is 1.24. The summed E-state index contributed by atoms with van der Waals surface area (Å²) in [7, 11) is 0. The summed E-state index contributed by atoms with van der Waals surface area (Å²) >= 11 is 0. The second-order valence-electron chi connectivity index (χ2n) is 2.86. The Morgan fingerprint density at radius 3 is 2.54 bits per heavy atom. The molecular formula is C10H14N2O. The molecule has 0 bridgehead atoms. The third kappa shape index (κ3) is 3.23. The lowest BCUT2D eigenvalue weighted by molar-refractivity contribution is 0.303. The largest absolute Gasteiger partial charge is 0.261 e. The van der Waals surface area contributed by atoms with Crippen molar-refractivity contribution in [3.8, 4) is 0 Å². The summed E-state index contributed by atoms with van der Waals surface area (Å²) in [5, 5.41) is 4.43. The summed E-state index contributed by atoms with van der Waals surface area (Å²) in [6.45, 7) is 3.30. The van der Waals surface area contributed by atoms with Crippen molar-refractivity contribution in [2.24, 2.45) is 5.29 Å². The zero-order valence-electron chi connectivity index (χ0n) is 7.81. The summed E-state index contributed by atoms with van der Waals surface area (Å²) in [6, 6.07) is 10.1. The minimum absolute atomic E-state index is 0.677. The minimum atomic E-state index is 0.677. The topological polar surface area (TPSA) is 32.7 Å². The number of nitrogens with zero attached hydrogens (tertiary/aromatic N) is 2. The Kier molecular flexibility index (Phi) is 3.96. The molecule has 0 unspecified atom stereocenters. The molecule has 13 heavy (non-hydrogen) atoms. The number of likely N-dealkylation sites (N-methyl/N-ethyl adjacent to an activating group) is 1. The van der Waals surface area contributed by atoms with Gasteiger partial charge in [0.25, 0.3) is 0 Å². The van der Waals surface area contributed by atoms with Crippen molar-refractivity contribution in [1.29, 1.82) is 0 Å². The number of nitroso groups, excluding NO2 is 1. The van der Waals surface area contributed by atoms with E-state index in [4.69, 9.17) is 0 Å². The van der Waals surface area contributed by atoms with Gasteiger partial charge in [-0.1, -0.05) is 30.3 Å². The molecule has 0 N–H and O–H groups in total. The van der Waals surface area contributed by atoms with Crippen LogP contribution in [0.1, 0.15) is 12.5 Å². The molecule has 0 aliphatic heterocycles. The first-order valence-corrected chi connectivity index (χ1v) is 4.49. The van der Waals surface area contributed by atoms with Gasteiger partial charge in [-0.3, -0.25) is 5.01 Å². The van der Waals surface area contributed by atoms with Gasteiger partial charge in [0.1, 0.15) is 0 Å². The molecular weight excluding hydrogens is 164 g/mol. The Hall–Kier alpha value is -1.38. The molecule has 0 spiro atoms. The number of hydrogen-bond donors (Lipinski definition) is 0. The van der Waals surface area contributed by atoms with Crippen LogP contribution in [-0.4, -0.2) is 18.1 Å². The zero-order chi connectivity index (χ0) is 9.52. The second kappa shape index (κ2) is 5.30. The lowest BCUT2D eigenvalue weighted by atomic mass is 10.1. The minimum Gasteiger partial charge on any atom is -0.261 e. The average Bonchev–Trinajstić information content (AvgIpc) is 2.21. The third-order valence-electron chi connectivity index (χ3n) is 1.98. The lowest BCUT2D eigenvalue weighted by Crippen LogP contribution is -2.18. The first-order chi connectivity index (χ1) is 6.36. The molecule has 0 fully saturated rings. The Labute approximate surface area is 78.3 Å². The van der Waals surface area contributed by atoms with Crippen LogP contribution in [0.4, 0.5) is 0 Å². The first kappa shape index (κ1) is 9.71. The van der Waals surface area contributed by atoms with Crippen LogP contribution in [0.3, 0.4) is 0 Å². The highest BCUT2D eigenvalue weighted by molar-refractivity contribution is 5.14. The maximum atomic E-state index is 10.2. The predicted octanol–water partition coefficient (Wildman–Crippen LogP) is 2.23. The molecule has 0 amide bonds. The molecule has 0 heterocycles. The van der Waals surface area contributed by atoms with Gasteiger partial charge in [-0.25, -0.2) is 0 Å². The van der Waals surface area contributed by atoms with E-state index in [1.165, 1.54) is 10.6 Å². The van der Waals surface area contributed by atoms with E-state index in [9.17, 15) is 4.91 Å². The fourth-order valence-corrected chi connectivity index (χ4v) is 1.16. The molecule has 70 valence electrons.